The average Bonchev–Trinajstić information content (AvgIpc) is 2.37. The van der Waals surface area contributed by atoms with Gasteiger partial charge in [-0.2, -0.15) is 4.39 Å². The molecular weight excluding hydrogens is 239 g/mol. The molecule has 0 heterocycles. The molecule has 1 unspecified atom stereocenters. The number of nitro benzene ring substituents is 1. The quantitative estimate of drug-likeness (QED) is 0.606. The summed E-state index contributed by atoms with van der Waals surface area (Å²) in [7, 11) is 0. The highest BCUT2D eigenvalue weighted by Crippen LogP contribution is 2.24. The number of nitrogens with one attached hydrogen (secondary N) is 1. The number of hydrogen-bond acceptors (Lipinski definition) is 4. The molecule has 0 aliphatic rings. The van der Waals surface area contributed by atoms with Gasteiger partial charge in [0.1, 0.15) is 0 Å². The van der Waals surface area contributed by atoms with Crippen LogP contribution in [0.1, 0.15) is 20.3 Å². The van der Waals surface area contributed by atoms with E-state index in [1.165, 1.54) is 6.07 Å². The number of anilines is 1. The Kier molecular flexibility index (Phi) is 4.61. The van der Waals surface area contributed by atoms with Crippen LogP contribution in [0.25, 0.3) is 0 Å². The van der Waals surface area contributed by atoms with Gasteiger partial charge in [0.05, 0.1) is 11.5 Å². The summed E-state index contributed by atoms with van der Waals surface area (Å²) in [5.74, 6) is -0.856. The molecule has 1 aromatic rings. The monoisotopic (exact) mass is 256 g/mol. The van der Waals surface area contributed by atoms with Gasteiger partial charge in [0.2, 0.25) is 5.82 Å². The lowest BCUT2D eigenvalue weighted by atomic mass is 9.88. The summed E-state index contributed by atoms with van der Waals surface area (Å²) in [6, 6.07) is 3.65. The van der Waals surface area contributed by atoms with Crippen LogP contribution >= 0.6 is 0 Å². The van der Waals surface area contributed by atoms with Crippen LogP contribution in [0, 0.1) is 21.3 Å². The normalized spacial score (nSPS) is 14.0. The fourth-order valence-corrected chi connectivity index (χ4v) is 1.37. The molecule has 0 fully saturated rings. The van der Waals surface area contributed by atoms with Crippen LogP contribution < -0.4 is 5.32 Å². The summed E-state index contributed by atoms with van der Waals surface area (Å²) >= 11 is 0. The van der Waals surface area contributed by atoms with Crippen LogP contribution in [0.5, 0.6) is 0 Å². The van der Waals surface area contributed by atoms with Gasteiger partial charge >= 0.3 is 5.69 Å². The number of rotatable bonds is 6. The van der Waals surface area contributed by atoms with E-state index in [0.29, 0.717) is 12.2 Å². The predicted octanol–water partition coefficient (Wildman–Crippen LogP) is 2.55. The molecule has 0 spiro atoms. The molecular formula is C12H17FN2O3. The molecule has 6 heteroatoms. The van der Waals surface area contributed by atoms with E-state index in [4.69, 9.17) is 0 Å². The van der Waals surface area contributed by atoms with Crippen molar-refractivity contribution < 1.29 is 14.4 Å². The van der Waals surface area contributed by atoms with Crippen molar-refractivity contribution in [2.24, 2.45) is 5.41 Å². The molecule has 0 saturated heterocycles. The van der Waals surface area contributed by atoms with Crippen molar-refractivity contribution >= 4 is 11.4 Å². The Labute approximate surface area is 105 Å². The minimum Gasteiger partial charge on any atom is -0.396 e. The molecule has 1 rings (SSSR count). The molecule has 0 saturated carbocycles. The number of nitrogens with zero attached hydrogens (tertiary/aromatic N) is 1. The smallest absolute Gasteiger partial charge is 0.306 e. The topological polar surface area (TPSA) is 75.4 Å². The van der Waals surface area contributed by atoms with E-state index in [1.807, 2.05) is 13.8 Å². The van der Waals surface area contributed by atoms with Crippen molar-refractivity contribution in [1.82, 2.24) is 0 Å². The first kappa shape index (κ1) is 14.4. The average molecular weight is 256 g/mol. The Morgan fingerprint density at radius 1 is 1.56 bits per heavy atom. The number of aliphatic hydroxyl groups excluding tert-OH is 1. The van der Waals surface area contributed by atoms with Crippen LogP contribution in [-0.2, 0) is 0 Å². The van der Waals surface area contributed by atoms with E-state index >= 15 is 0 Å². The molecule has 0 aliphatic carbocycles. The number of nitro groups is 1. The molecule has 0 aliphatic heterocycles. The summed E-state index contributed by atoms with van der Waals surface area (Å²) in [5, 5.41) is 22.8. The maximum atomic E-state index is 13.1. The molecule has 0 aromatic heterocycles. The van der Waals surface area contributed by atoms with Gasteiger partial charge in [-0.15, -0.1) is 0 Å². The minimum absolute atomic E-state index is 0.0137. The molecule has 18 heavy (non-hydrogen) atoms. The van der Waals surface area contributed by atoms with Crippen molar-refractivity contribution in [1.29, 1.82) is 0 Å². The van der Waals surface area contributed by atoms with Gasteiger partial charge in [-0.1, -0.05) is 13.8 Å². The molecule has 0 amide bonds. The SMILES string of the molecule is CCC(C)(CO)CNc1ccc(F)c([N+](=O)[O-])c1. The minimum atomic E-state index is -0.856. The summed E-state index contributed by atoms with van der Waals surface area (Å²) in [5.41, 5.74) is -0.387. The number of hydrogen-bond donors (Lipinski definition) is 2. The van der Waals surface area contributed by atoms with Gasteiger partial charge in [0, 0.05) is 23.7 Å². The summed E-state index contributed by atoms with van der Waals surface area (Å²) in [6.45, 7) is 4.32. The van der Waals surface area contributed by atoms with Gasteiger partial charge in [0.15, 0.2) is 0 Å². The van der Waals surface area contributed by atoms with E-state index in [1.54, 1.807) is 0 Å². The van der Waals surface area contributed by atoms with Crippen LogP contribution in [0.3, 0.4) is 0 Å². The first-order valence-corrected chi connectivity index (χ1v) is 5.70. The van der Waals surface area contributed by atoms with Gasteiger partial charge in [0.25, 0.3) is 0 Å². The maximum Gasteiger partial charge on any atom is 0.306 e. The van der Waals surface area contributed by atoms with E-state index in [-0.39, 0.29) is 12.0 Å². The fourth-order valence-electron chi connectivity index (χ4n) is 1.37. The first-order chi connectivity index (χ1) is 8.41. The van der Waals surface area contributed by atoms with Gasteiger partial charge in [-0.05, 0) is 18.6 Å². The number of benzene rings is 1. The first-order valence-electron chi connectivity index (χ1n) is 5.70. The van der Waals surface area contributed by atoms with Gasteiger partial charge in [-0.25, -0.2) is 0 Å². The second kappa shape index (κ2) is 5.77. The standard InChI is InChI=1S/C12H17FN2O3/c1-3-12(2,8-16)7-14-9-4-5-10(13)11(6-9)15(17)18/h4-6,14,16H,3,7-8H2,1-2H3. The van der Waals surface area contributed by atoms with Crippen LogP contribution in [0.2, 0.25) is 0 Å². The second-order valence-electron chi connectivity index (χ2n) is 4.60. The largest absolute Gasteiger partial charge is 0.396 e. The fraction of sp³-hybridized carbons (Fsp3) is 0.500. The highest BCUT2D eigenvalue weighted by molar-refractivity contribution is 5.51. The molecule has 1 aromatic carbocycles. The van der Waals surface area contributed by atoms with Crippen molar-refractivity contribution in [3.05, 3.63) is 34.1 Å². The third kappa shape index (κ3) is 3.40. The van der Waals surface area contributed by atoms with E-state index in [0.717, 1.165) is 18.6 Å². The van der Waals surface area contributed by atoms with E-state index < -0.39 is 16.4 Å². The van der Waals surface area contributed by atoms with E-state index in [2.05, 4.69) is 5.32 Å². The Morgan fingerprint density at radius 2 is 2.22 bits per heavy atom. The van der Waals surface area contributed by atoms with E-state index in [9.17, 15) is 19.6 Å². The lowest BCUT2D eigenvalue weighted by Gasteiger charge is -2.26. The second-order valence-corrected chi connectivity index (χ2v) is 4.60. The van der Waals surface area contributed by atoms with Gasteiger partial charge in [-0.3, -0.25) is 10.1 Å². The lowest BCUT2D eigenvalue weighted by Crippen LogP contribution is -2.29. The molecule has 0 radical (unpaired) electrons. The van der Waals surface area contributed by atoms with Crippen molar-refractivity contribution in [2.75, 3.05) is 18.5 Å². The lowest BCUT2D eigenvalue weighted by molar-refractivity contribution is -0.387. The van der Waals surface area contributed by atoms with Crippen LogP contribution in [0.15, 0.2) is 18.2 Å². The van der Waals surface area contributed by atoms with Crippen LogP contribution in [-0.4, -0.2) is 23.2 Å². The Bertz CT molecular complexity index is 433. The Balaban J connectivity index is 2.80. The molecule has 5 nitrogen and oxygen atoms in total. The summed E-state index contributed by atoms with van der Waals surface area (Å²) in [4.78, 5) is 9.83. The van der Waals surface area contributed by atoms with Crippen molar-refractivity contribution in [2.45, 2.75) is 20.3 Å². The highest BCUT2D eigenvalue weighted by Gasteiger charge is 2.21. The Morgan fingerprint density at radius 3 is 2.72 bits per heavy atom. The zero-order chi connectivity index (χ0) is 13.8. The maximum absolute atomic E-state index is 13.1. The Hall–Kier alpha value is -1.69. The molecule has 0 bridgehead atoms. The molecule has 1 atom stereocenters. The molecule has 2 N–H and O–H groups in total. The van der Waals surface area contributed by atoms with Crippen LogP contribution in [0.4, 0.5) is 15.8 Å². The van der Waals surface area contributed by atoms with Crippen molar-refractivity contribution in [3.63, 3.8) is 0 Å². The third-order valence-corrected chi connectivity index (χ3v) is 3.10. The zero-order valence-electron chi connectivity index (χ0n) is 10.4. The van der Waals surface area contributed by atoms with Crippen molar-refractivity contribution in [3.8, 4) is 0 Å². The predicted molar refractivity (Wildman–Crippen MR) is 67.0 cm³/mol. The molecule has 100 valence electrons. The number of aliphatic hydroxyl groups is 1. The highest BCUT2D eigenvalue weighted by atomic mass is 19.1. The zero-order valence-corrected chi connectivity index (χ0v) is 10.4. The third-order valence-electron chi connectivity index (χ3n) is 3.10. The summed E-state index contributed by atoms with van der Waals surface area (Å²) in [6.07, 6.45) is 0.764. The summed E-state index contributed by atoms with van der Waals surface area (Å²) < 4.78 is 13.1. The number of halogens is 1. The van der Waals surface area contributed by atoms with Gasteiger partial charge < -0.3 is 10.4 Å².